The summed E-state index contributed by atoms with van der Waals surface area (Å²) in [4.78, 5) is 111. The molecule has 4 aromatic rings. The van der Waals surface area contributed by atoms with Crippen molar-refractivity contribution in [3.63, 3.8) is 0 Å². The number of ketones is 1. The highest BCUT2D eigenvalue weighted by atomic mass is 19.1. The molecule has 7 rings (SSSR count). The van der Waals surface area contributed by atoms with E-state index in [1.165, 1.54) is 12.2 Å². The lowest BCUT2D eigenvalue weighted by Crippen LogP contribution is -2.52. The second kappa shape index (κ2) is 31.7. The van der Waals surface area contributed by atoms with Crippen molar-refractivity contribution in [2.24, 2.45) is 29.4 Å². The molecule has 0 bridgehead atoms. The molecule has 2 saturated heterocycles. The SMILES string of the molecule is CC(C)[C@H](NC(=O)CCCCCN1C(=O)C=CC1=O)C(=O)C[C@@H](CCCNC(N)=O)C(=O)Nc1ccc(COC(=O)NC[C@H](C)NC(=O)N(C[C@@H]2CNC[C@@H]2F)[C@@H](c2nc(-c3cc(F)ccc3F)cn2Cc2ccccc2)C2CCOCC2)cc1. The Bertz CT molecular complexity index is 2960. The van der Waals surface area contributed by atoms with E-state index >= 15 is 8.78 Å². The van der Waals surface area contributed by atoms with Gasteiger partial charge >= 0.3 is 18.2 Å². The summed E-state index contributed by atoms with van der Waals surface area (Å²) < 4.78 is 58.7. The maximum absolute atomic E-state index is 15.6. The second-order valence-corrected chi connectivity index (χ2v) is 22.3. The lowest BCUT2D eigenvalue weighted by atomic mass is 9.89. The van der Waals surface area contributed by atoms with E-state index in [0.717, 1.165) is 28.7 Å². The number of imide groups is 1. The molecule has 3 aliphatic heterocycles. The molecule has 2 fully saturated rings. The Morgan fingerprint density at radius 1 is 0.871 bits per heavy atom. The van der Waals surface area contributed by atoms with Gasteiger partial charge in [0.2, 0.25) is 11.8 Å². The number of imidazole rings is 1. The molecular weight excluding hydrogens is 1100 g/mol. The van der Waals surface area contributed by atoms with E-state index in [-0.39, 0.29) is 112 Å². The molecule has 458 valence electrons. The molecule has 0 unspecified atom stereocenters. The topological polar surface area (TPSA) is 278 Å². The smallest absolute Gasteiger partial charge is 0.407 e. The summed E-state index contributed by atoms with van der Waals surface area (Å²) in [6.45, 7) is 6.95. The average molecular weight is 1180 g/mol. The third-order valence-electron chi connectivity index (χ3n) is 15.3. The maximum atomic E-state index is 15.6. The number of urea groups is 2. The van der Waals surface area contributed by atoms with E-state index in [2.05, 4.69) is 31.9 Å². The minimum absolute atomic E-state index is 0.00988. The predicted octanol–water partition coefficient (Wildman–Crippen LogP) is 6.82. The summed E-state index contributed by atoms with van der Waals surface area (Å²) in [7, 11) is 0. The molecule has 0 saturated carbocycles. The molecule has 3 aliphatic rings. The zero-order valence-electron chi connectivity index (χ0n) is 48.3. The van der Waals surface area contributed by atoms with Gasteiger partial charge in [0.25, 0.3) is 11.8 Å². The van der Waals surface area contributed by atoms with Crippen LogP contribution in [0.5, 0.6) is 0 Å². The van der Waals surface area contributed by atoms with Crippen molar-refractivity contribution in [1.29, 1.82) is 0 Å². The van der Waals surface area contributed by atoms with Gasteiger partial charge in [-0.3, -0.25) is 28.9 Å². The molecule has 4 heterocycles. The summed E-state index contributed by atoms with van der Waals surface area (Å²) in [5.41, 5.74) is 7.20. The third-order valence-corrected chi connectivity index (χ3v) is 15.3. The van der Waals surface area contributed by atoms with Gasteiger partial charge in [-0.1, -0.05) is 62.7 Å². The number of Topliss-reactive ketones (excluding diaryl/α,β-unsaturated/α-hetero) is 1. The highest BCUT2D eigenvalue weighted by Crippen LogP contribution is 2.38. The van der Waals surface area contributed by atoms with Gasteiger partial charge in [-0.15, -0.1) is 0 Å². The van der Waals surface area contributed by atoms with Crippen LogP contribution in [0.1, 0.15) is 102 Å². The number of anilines is 1. The van der Waals surface area contributed by atoms with Crippen molar-refractivity contribution in [3.05, 3.63) is 120 Å². The van der Waals surface area contributed by atoms with Crippen LogP contribution in [0.3, 0.4) is 0 Å². The Labute approximate surface area is 492 Å². The zero-order chi connectivity index (χ0) is 61.0. The zero-order valence-corrected chi connectivity index (χ0v) is 48.3. The Morgan fingerprint density at radius 3 is 2.28 bits per heavy atom. The molecule has 85 heavy (non-hydrogen) atoms. The fourth-order valence-electron chi connectivity index (χ4n) is 10.7. The van der Waals surface area contributed by atoms with E-state index < -0.39 is 71.8 Å². The molecule has 3 aromatic carbocycles. The van der Waals surface area contributed by atoms with Gasteiger partial charge < -0.3 is 56.6 Å². The number of aromatic nitrogens is 2. The van der Waals surface area contributed by atoms with Gasteiger partial charge in [0.1, 0.15) is 30.2 Å². The van der Waals surface area contributed by atoms with Crippen molar-refractivity contribution in [2.45, 2.75) is 116 Å². The molecule has 6 atom stereocenters. The average Bonchev–Trinajstić information content (AvgIpc) is 4.23. The first-order valence-corrected chi connectivity index (χ1v) is 29.1. The second-order valence-electron chi connectivity index (χ2n) is 22.3. The van der Waals surface area contributed by atoms with Gasteiger partial charge in [-0.25, -0.2) is 32.5 Å². The number of nitrogens with zero attached hydrogens (tertiary/aromatic N) is 4. The number of nitrogens with one attached hydrogen (secondary N) is 6. The van der Waals surface area contributed by atoms with Crippen LogP contribution in [0.15, 0.2) is 91.1 Å². The Kier molecular flexibility index (Phi) is 24.0. The largest absolute Gasteiger partial charge is 0.445 e. The minimum atomic E-state index is -1.25. The number of unbranched alkanes of at least 4 members (excludes halogenated alkanes) is 2. The summed E-state index contributed by atoms with van der Waals surface area (Å²) in [6.07, 6.45) is 5.11. The molecule has 0 radical (unpaired) electrons. The lowest BCUT2D eigenvalue weighted by molar-refractivity contribution is -0.137. The number of ether oxygens (including phenoxy) is 2. The van der Waals surface area contributed by atoms with Gasteiger partial charge in [-0.05, 0) is 98.7 Å². The number of alkyl halides is 1. The van der Waals surface area contributed by atoms with Crippen LogP contribution in [-0.4, -0.2) is 138 Å². The van der Waals surface area contributed by atoms with Crippen LogP contribution < -0.4 is 37.6 Å². The fraction of sp³-hybridized carbons (Fsp3) is 0.492. The molecule has 9 amide bonds. The molecule has 0 aliphatic carbocycles. The summed E-state index contributed by atoms with van der Waals surface area (Å²) in [5.74, 6) is -4.78. The first-order valence-electron chi connectivity index (χ1n) is 29.1. The number of carbonyl (C=O) groups excluding carboxylic acids is 8. The number of benzene rings is 3. The number of primary amides is 1. The van der Waals surface area contributed by atoms with E-state index in [1.54, 1.807) is 56.1 Å². The highest BCUT2D eigenvalue weighted by molar-refractivity contribution is 6.12. The predicted molar refractivity (Wildman–Crippen MR) is 310 cm³/mol. The van der Waals surface area contributed by atoms with Crippen molar-refractivity contribution >= 4 is 53.3 Å². The van der Waals surface area contributed by atoms with Crippen molar-refractivity contribution in [2.75, 3.05) is 57.8 Å². The molecular formula is C61H78F3N11O10. The summed E-state index contributed by atoms with van der Waals surface area (Å²) in [5, 5.41) is 16.9. The van der Waals surface area contributed by atoms with Gasteiger partial charge in [0, 0.05) is 119 Å². The number of alkyl carbamates (subject to hydrolysis) is 1. The number of halogens is 3. The van der Waals surface area contributed by atoms with Gasteiger partial charge in [0.05, 0.1) is 17.8 Å². The summed E-state index contributed by atoms with van der Waals surface area (Å²) in [6, 6.07) is 15.5. The van der Waals surface area contributed by atoms with Crippen molar-refractivity contribution in [3.8, 4) is 11.3 Å². The standard InChI is InChI=1S/C61H78F3N11O10/c1-38(2)55(72-52(77)14-8-5-9-26-74-53(78)21-22-54(74)79)51(76)29-43(13-10-25-67-59(65)81)58(80)70-46-18-15-41(16-19-46)37-85-61(83)68-31-39(3)69-60(82)75(35-44-32-66-33-49(44)64)56(42-23-27-84-28-24-42)57-71-50(47-30-45(62)17-20-48(47)63)36-73(57)34-40-11-6-4-7-12-40/h4,6-7,11-12,15-22,30,36,38-39,42-44,49,55-56,66H,5,8-10,13-14,23-29,31-35,37H2,1-3H3,(H,68,83)(H,69,82)(H,70,80)(H,72,77)(H3,65,67,81)/t39-,43+,44-,49-,55-,56+/m0/s1. The van der Waals surface area contributed by atoms with Crippen LogP contribution in [-0.2, 0) is 46.6 Å². The van der Waals surface area contributed by atoms with Crippen LogP contribution in [0.2, 0.25) is 0 Å². The fourth-order valence-corrected chi connectivity index (χ4v) is 10.7. The Balaban J connectivity index is 0.949. The normalized spacial score (nSPS) is 17.5. The first kappa shape index (κ1) is 64.4. The Morgan fingerprint density at radius 2 is 1.60 bits per heavy atom. The van der Waals surface area contributed by atoms with E-state index in [4.69, 9.17) is 20.2 Å². The number of carbonyl (C=O) groups is 8. The van der Waals surface area contributed by atoms with Crippen LogP contribution in [0.4, 0.5) is 33.2 Å². The lowest BCUT2D eigenvalue weighted by Gasteiger charge is -2.40. The monoisotopic (exact) mass is 1180 g/mol. The third kappa shape index (κ3) is 19.2. The number of amides is 9. The summed E-state index contributed by atoms with van der Waals surface area (Å²) >= 11 is 0. The number of rotatable bonds is 30. The molecule has 0 spiro atoms. The van der Waals surface area contributed by atoms with Crippen LogP contribution in [0.25, 0.3) is 11.3 Å². The van der Waals surface area contributed by atoms with Crippen molar-refractivity contribution < 1.29 is 61.0 Å². The van der Waals surface area contributed by atoms with Crippen LogP contribution in [0, 0.1) is 35.3 Å². The quantitative estimate of drug-likeness (QED) is 0.0209. The van der Waals surface area contributed by atoms with Crippen LogP contribution >= 0.6 is 0 Å². The first-order chi connectivity index (χ1) is 40.8. The number of nitrogens with two attached hydrogens (primary N) is 1. The molecule has 24 heteroatoms. The van der Waals surface area contributed by atoms with E-state index in [9.17, 15) is 42.7 Å². The number of hydrogen-bond acceptors (Lipinski definition) is 12. The van der Waals surface area contributed by atoms with Gasteiger partial charge in [-0.2, -0.15) is 0 Å². The maximum Gasteiger partial charge on any atom is 0.407 e. The van der Waals surface area contributed by atoms with Gasteiger partial charge in [0.15, 0.2) is 5.78 Å². The Hall–Kier alpha value is -8.12. The molecule has 21 nitrogen and oxygen atoms in total. The molecule has 1 aromatic heterocycles. The minimum Gasteiger partial charge on any atom is -0.445 e. The van der Waals surface area contributed by atoms with Crippen molar-refractivity contribution in [1.82, 2.24) is 45.9 Å². The molecule has 8 N–H and O–H groups in total. The highest BCUT2D eigenvalue weighted by Gasteiger charge is 2.41. The van der Waals surface area contributed by atoms with E-state index in [0.29, 0.717) is 75.4 Å². The number of hydrogen-bond donors (Lipinski definition) is 7. The van der Waals surface area contributed by atoms with E-state index in [1.807, 2.05) is 34.9 Å².